The molecule has 0 saturated carbocycles. The van der Waals surface area contributed by atoms with E-state index < -0.39 is 28.4 Å². The molecule has 1 aliphatic heterocycles. The molecule has 9 nitrogen and oxygen atoms in total. The first-order chi connectivity index (χ1) is 16.7. The van der Waals surface area contributed by atoms with Gasteiger partial charge in [0.15, 0.2) is 10.9 Å². The Morgan fingerprint density at radius 3 is 2.43 bits per heavy atom. The van der Waals surface area contributed by atoms with E-state index in [1.807, 2.05) is 25.1 Å². The summed E-state index contributed by atoms with van der Waals surface area (Å²) < 4.78 is 0.850. The number of nitrogens with zero attached hydrogens (tertiary/aromatic N) is 4. The summed E-state index contributed by atoms with van der Waals surface area (Å²) in [6, 6.07) is 10.3. The number of Topliss-reactive ketones (excluding diaryl/α,β-unsaturated/α-hetero) is 1. The van der Waals surface area contributed by atoms with E-state index in [4.69, 9.17) is 0 Å². The number of nitro groups is 1. The highest BCUT2D eigenvalue weighted by Gasteiger charge is 2.46. The van der Waals surface area contributed by atoms with Gasteiger partial charge in [0.25, 0.3) is 11.6 Å². The van der Waals surface area contributed by atoms with Gasteiger partial charge in [-0.1, -0.05) is 17.4 Å². The molecule has 0 radical (unpaired) electrons. The van der Waals surface area contributed by atoms with Crippen molar-refractivity contribution < 1.29 is 19.6 Å². The van der Waals surface area contributed by atoms with E-state index in [1.165, 1.54) is 51.8 Å². The maximum absolute atomic E-state index is 13.6. The molecule has 1 N–H and O–H groups in total. The number of non-ortho nitro benzene ring substituents is 1. The molecule has 2 aromatic carbocycles. The number of carbonyl (C=O) groups excluding carboxylic acids is 2. The second kappa shape index (κ2) is 8.36. The number of aryl methyl sites for hydroxylation is 3. The average Bonchev–Trinajstić information content (AvgIpc) is 3.46. The van der Waals surface area contributed by atoms with Crippen LogP contribution in [-0.4, -0.2) is 31.7 Å². The second-order valence-electron chi connectivity index (χ2n) is 8.13. The summed E-state index contributed by atoms with van der Waals surface area (Å²) >= 11 is 2.45. The standard InChI is InChI=1S/C24H18N4O5S2/c1-11-4-9-16-17(10-11)35-24(26-16)27-19(14-5-7-15(8-6-14)28(32)33)18(21(30)23(27)31)20(29)22-12(2)25-13(3)34-22/h4-10,19,30H,1-3H3. The van der Waals surface area contributed by atoms with Crippen molar-refractivity contribution in [3.05, 3.63) is 90.6 Å². The number of nitro benzene ring substituents is 1. The van der Waals surface area contributed by atoms with E-state index in [9.17, 15) is 24.8 Å². The fourth-order valence-electron chi connectivity index (χ4n) is 4.12. The number of hydrogen-bond donors (Lipinski definition) is 1. The molecule has 2 aromatic heterocycles. The van der Waals surface area contributed by atoms with Gasteiger partial charge in [-0.2, -0.15) is 0 Å². The number of fused-ring (bicyclic) bond motifs is 1. The first kappa shape index (κ1) is 22.8. The third kappa shape index (κ3) is 3.78. The van der Waals surface area contributed by atoms with Gasteiger partial charge in [0, 0.05) is 12.1 Å². The molecule has 0 spiro atoms. The number of rotatable bonds is 5. The van der Waals surface area contributed by atoms with Gasteiger partial charge < -0.3 is 5.11 Å². The highest BCUT2D eigenvalue weighted by atomic mass is 32.1. The zero-order valence-electron chi connectivity index (χ0n) is 18.8. The number of aliphatic hydroxyl groups is 1. The van der Waals surface area contributed by atoms with Crippen LogP contribution in [-0.2, 0) is 4.79 Å². The molecule has 1 amide bonds. The van der Waals surface area contributed by atoms with Gasteiger partial charge in [0.2, 0.25) is 5.78 Å². The number of hydrogen-bond acceptors (Lipinski definition) is 9. The zero-order chi connectivity index (χ0) is 25.0. The summed E-state index contributed by atoms with van der Waals surface area (Å²) in [7, 11) is 0. The van der Waals surface area contributed by atoms with Crippen LogP contribution < -0.4 is 4.90 Å². The Hall–Kier alpha value is -3.96. The maximum atomic E-state index is 13.6. The molecule has 0 aliphatic carbocycles. The van der Waals surface area contributed by atoms with Crippen molar-refractivity contribution >= 4 is 55.4 Å². The highest BCUT2D eigenvalue weighted by molar-refractivity contribution is 7.22. The lowest BCUT2D eigenvalue weighted by molar-refractivity contribution is -0.384. The van der Waals surface area contributed by atoms with Crippen LogP contribution >= 0.6 is 22.7 Å². The van der Waals surface area contributed by atoms with Crippen LogP contribution in [0.5, 0.6) is 0 Å². The van der Waals surface area contributed by atoms with E-state index >= 15 is 0 Å². The van der Waals surface area contributed by atoms with Crippen LogP contribution in [0.4, 0.5) is 10.8 Å². The molecule has 5 rings (SSSR count). The molecule has 0 fully saturated rings. The largest absolute Gasteiger partial charge is 0.503 e. The quantitative estimate of drug-likeness (QED) is 0.219. The molecule has 176 valence electrons. The van der Waals surface area contributed by atoms with Crippen molar-refractivity contribution in [1.82, 2.24) is 9.97 Å². The maximum Gasteiger partial charge on any atom is 0.296 e. The molecule has 1 aliphatic rings. The Labute approximate surface area is 207 Å². The minimum atomic E-state index is -1.01. The summed E-state index contributed by atoms with van der Waals surface area (Å²) in [6.45, 7) is 5.41. The minimum absolute atomic E-state index is 0.106. The van der Waals surface area contributed by atoms with Crippen LogP contribution in [0.15, 0.2) is 53.8 Å². The van der Waals surface area contributed by atoms with Crippen molar-refractivity contribution in [3.8, 4) is 0 Å². The molecular formula is C24H18N4O5S2. The second-order valence-corrected chi connectivity index (χ2v) is 10.3. The SMILES string of the molecule is Cc1ccc2nc(N3C(=O)C(O)=C(C(=O)c4sc(C)nc4C)C3c3ccc([N+](=O)[O-])cc3)sc2c1. The number of amides is 1. The molecule has 1 unspecified atom stereocenters. The number of aromatic nitrogens is 2. The Morgan fingerprint density at radius 1 is 1.09 bits per heavy atom. The fraction of sp³-hybridized carbons (Fsp3) is 0.167. The van der Waals surface area contributed by atoms with E-state index in [0.29, 0.717) is 31.8 Å². The highest BCUT2D eigenvalue weighted by Crippen LogP contribution is 2.45. The number of thiazole rings is 2. The lowest BCUT2D eigenvalue weighted by atomic mass is 9.95. The number of anilines is 1. The zero-order valence-corrected chi connectivity index (χ0v) is 20.4. The van der Waals surface area contributed by atoms with Crippen molar-refractivity contribution in [1.29, 1.82) is 0 Å². The summed E-state index contributed by atoms with van der Waals surface area (Å²) in [6.07, 6.45) is 0. The monoisotopic (exact) mass is 506 g/mol. The van der Waals surface area contributed by atoms with Gasteiger partial charge >= 0.3 is 0 Å². The summed E-state index contributed by atoms with van der Waals surface area (Å²) in [5, 5.41) is 23.1. The third-order valence-corrected chi connectivity index (χ3v) is 7.81. The average molecular weight is 507 g/mol. The Bertz CT molecular complexity index is 1570. The molecule has 11 heteroatoms. The fourth-order valence-corrected chi connectivity index (χ4v) is 6.08. The van der Waals surface area contributed by atoms with Gasteiger partial charge in [-0.15, -0.1) is 11.3 Å². The predicted octanol–water partition coefficient (Wildman–Crippen LogP) is 5.37. The number of aliphatic hydroxyl groups excluding tert-OH is 1. The Morgan fingerprint density at radius 2 is 1.80 bits per heavy atom. The molecule has 3 heterocycles. The third-order valence-electron chi connectivity index (χ3n) is 5.72. The van der Waals surface area contributed by atoms with E-state index in [0.717, 1.165) is 10.3 Å². The van der Waals surface area contributed by atoms with Crippen molar-refractivity contribution in [3.63, 3.8) is 0 Å². The number of carbonyl (C=O) groups is 2. The lowest BCUT2D eigenvalue weighted by Crippen LogP contribution is -2.31. The summed E-state index contributed by atoms with van der Waals surface area (Å²) in [4.78, 5) is 48.1. The van der Waals surface area contributed by atoms with E-state index in [2.05, 4.69) is 9.97 Å². The summed E-state index contributed by atoms with van der Waals surface area (Å²) in [5.74, 6) is -1.94. The van der Waals surface area contributed by atoms with Crippen LogP contribution in [0.3, 0.4) is 0 Å². The van der Waals surface area contributed by atoms with Crippen molar-refractivity contribution in [2.75, 3.05) is 4.90 Å². The molecule has 0 saturated heterocycles. The van der Waals surface area contributed by atoms with Crippen molar-refractivity contribution in [2.45, 2.75) is 26.8 Å². The molecule has 35 heavy (non-hydrogen) atoms. The molecule has 4 aromatic rings. The van der Waals surface area contributed by atoms with Gasteiger partial charge in [0.1, 0.15) is 0 Å². The lowest BCUT2D eigenvalue weighted by Gasteiger charge is -2.24. The Balaban J connectivity index is 1.68. The first-order valence-corrected chi connectivity index (χ1v) is 12.2. The van der Waals surface area contributed by atoms with Crippen LogP contribution in [0, 0.1) is 30.9 Å². The van der Waals surface area contributed by atoms with Gasteiger partial charge in [-0.3, -0.25) is 24.6 Å². The van der Waals surface area contributed by atoms with E-state index in [1.54, 1.807) is 13.8 Å². The minimum Gasteiger partial charge on any atom is -0.503 e. The predicted molar refractivity (Wildman–Crippen MR) is 133 cm³/mol. The molecular weight excluding hydrogens is 488 g/mol. The van der Waals surface area contributed by atoms with Gasteiger partial charge in [-0.05, 0) is 56.2 Å². The normalized spacial score (nSPS) is 15.9. The number of benzene rings is 2. The topological polar surface area (TPSA) is 127 Å². The smallest absolute Gasteiger partial charge is 0.296 e. The Kier molecular flexibility index (Phi) is 5.45. The van der Waals surface area contributed by atoms with E-state index in [-0.39, 0.29) is 11.3 Å². The van der Waals surface area contributed by atoms with Gasteiger partial charge in [-0.25, -0.2) is 9.97 Å². The first-order valence-electron chi connectivity index (χ1n) is 10.5. The van der Waals surface area contributed by atoms with Crippen molar-refractivity contribution in [2.24, 2.45) is 0 Å². The van der Waals surface area contributed by atoms with Crippen LogP contribution in [0.25, 0.3) is 10.2 Å². The molecule has 1 atom stereocenters. The van der Waals surface area contributed by atoms with Crippen LogP contribution in [0.1, 0.15) is 37.5 Å². The molecule has 0 bridgehead atoms. The summed E-state index contributed by atoms with van der Waals surface area (Å²) in [5.41, 5.74) is 2.41. The van der Waals surface area contributed by atoms with Crippen LogP contribution in [0.2, 0.25) is 0 Å². The van der Waals surface area contributed by atoms with Gasteiger partial charge in [0.05, 0.1) is 42.3 Å². The number of ketones is 1.